The van der Waals surface area contributed by atoms with E-state index < -0.39 is 34.2 Å². The molecule has 0 aromatic heterocycles. The highest BCUT2D eigenvalue weighted by Gasteiger charge is 2.47. The molecule has 1 fully saturated rings. The van der Waals surface area contributed by atoms with Crippen molar-refractivity contribution in [1.29, 1.82) is 0 Å². The largest absolute Gasteiger partial charge is 0.507 e. The molecule has 32 heavy (non-hydrogen) atoms. The van der Waals surface area contributed by atoms with Crippen molar-refractivity contribution in [3.8, 4) is 0 Å². The number of amides is 1. The van der Waals surface area contributed by atoms with Crippen molar-refractivity contribution >= 4 is 28.8 Å². The van der Waals surface area contributed by atoms with Gasteiger partial charge < -0.3 is 5.11 Å². The van der Waals surface area contributed by atoms with E-state index in [1.54, 1.807) is 31.2 Å². The van der Waals surface area contributed by atoms with E-state index >= 15 is 0 Å². The van der Waals surface area contributed by atoms with Crippen molar-refractivity contribution < 1.29 is 24.0 Å². The Morgan fingerprint density at radius 2 is 1.75 bits per heavy atom. The van der Waals surface area contributed by atoms with E-state index in [0.29, 0.717) is 5.56 Å². The summed E-state index contributed by atoms with van der Waals surface area (Å²) in [5.41, 5.74) is 0.970. The summed E-state index contributed by atoms with van der Waals surface area (Å²) < 4.78 is 13.9. The van der Waals surface area contributed by atoms with Crippen LogP contribution < -0.4 is 4.90 Å². The molecule has 0 saturated carbocycles. The van der Waals surface area contributed by atoms with Crippen molar-refractivity contribution in [2.24, 2.45) is 0 Å². The van der Waals surface area contributed by atoms with Gasteiger partial charge >= 0.3 is 0 Å². The molecule has 1 aliphatic heterocycles. The summed E-state index contributed by atoms with van der Waals surface area (Å²) >= 11 is 0. The van der Waals surface area contributed by atoms with Gasteiger partial charge in [-0.3, -0.25) is 24.6 Å². The van der Waals surface area contributed by atoms with Crippen LogP contribution in [0, 0.1) is 22.9 Å². The normalized spacial score (nSPS) is 17.6. The van der Waals surface area contributed by atoms with Crippen molar-refractivity contribution in [1.82, 2.24) is 0 Å². The van der Waals surface area contributed by atoms with Crippen molar-refractivity contribution in [2.75, 3.05) is 4.90 Å². The number of aryl methyl sites for hydroxylation is 1. The molecule has 0 radical (unpaired) electrons. The lowest BCUT2D eigenvalue weighted by Gasteiger charge is -2.26. The first-order valence-corrected chi connectivity index (χ1v) is 9.66. The Labute approximate surface area is 182 Å². The second-order valence-corrected chi connectivity index (χ2v) is 7.31. The summed E-state index contributed by atoms with van der Waals surface area (Å²) in [4.78, 5) is 37.8. The highest BCUT2D eigenvalue weighted by atomic mass is 19.1. The fraction of sp³-hybridized carbons (Fsp3) is 0.0833. The number of hydrogen-bond acceptors (Lipinski definition) is 5. The van der Waals surface area contributed by atoms with Crippen LogP contribution in [0.1, 0.15) is 22.7 Å². The van der Waals surface area contributed by atoms with Crippen molar-refractivity contribution in [3.05, 3.63) is 111 Å². The zero-order valence-corrected chi connectivity index (χ0v) is 16.9. The Balaban J connectivity index is 1.98. The number of anilines is 1. The van der Waals surface area contributed by atoms with Crippen LogP contribution >= 0.6 is 0 Å². The summed E-state index contributed by atoms with van der Waals surface area (Å²) in [7, 11) is 0. The molecule has 4 rings (SSSR count). The first-order valence-electron chi connectivity index (χ1n) is 9.66. The second-order valence-electron chi connectivity index (χ2n) is 7.31. The molecule has 1 aliphatic rings. The molecular weight excluding hydrogens is 415 g/mol. The van der Waals surface area contributed by atoms with E-state index in [-0.39, 0.29) is 22.5 Å². The van der Waals surface area contributed by atoms with Gasteiger partial charge in [-0.05, 0) is 36.2 Å². The van der Waals surface area contributed by atoms with Gasteiger partial charge in [-0.15, -0.1) is 0 Å². The topological polar surface area (TPSA) is 101 Å². The number of halogens is 1. The fourth-order valence-corrected chi connectivity index (χ4v) is 3.83. The van der Waals surface area contributed by atoms with Crippen LogP contribution in [-0.4, -0.2) is 21.7 Å². The maximum absolute atomic E-state index is 13.9. The van der Waals surface area contributed by atoms with Crippen LogP contribution in [0.4, 0.5) is 15.8 Å². The lowest BCUT2D eigenvalue weighted by Crippen LogP contribution is -2.29. The minimum atomic E-state index is -1.04. The maximum Gasteiger partial charge on any atom is 0.300 e. The standard InChI is InChI=1S/C24H17FN2O5/c1-14-6-2-3-11-19(14)21-20(22(28)15-7-4-10-18(12-15)27(31)32)23(29)24(30)26(21)17-9-5-8-16(25)13-17/h2-13,21,28H,1H3/b22-20+. The number of carbonyl (C=O) groups is 2. The number of Topliss-reactive ketones (excluding diaryl/α,β-unsaturated/α-hetero) is 1. The van der Waals surface area contributed by atoms with E-state index in [9.17, 15) is 29.2 Å². The summed E-state index contributed by atoms with van der Waals surface area (Å²) in [6.45, 7) is 1.79. The van der Waals surface area contributed by atoms with E-state index in [1.165, 1.54) is 36.4 Å². The molecule has 0 aliphatic carbocycles. The average Bonchev–Trinajstić information content (AvgIpc) is 3.04. The van der Waals surface area contributed by atoms with Gasteiger partial charge in [-0.25, -0.2) is 4.39 Å². The Morgan fingerprint density at radius 3 is 2.44 bits per heavy atom. The van der Waals surface area contributed by atoms with E-state index in [2.05, 4.69) is 0 Å². The number of benzene rings is 3. The third kappa shape index (κ3) is 3.51. The minimum absolute atomic E-state index is 0.0232. The van der Waals surface area contributed by atoms with Gasteiger partial charge in [0.1, 0.15) is 11.6 Å². The third-order valence-electron chi connectivity index (χ3n) is 5.34. The van der Waals surface area contributed by atoms with Crippen LogP contribution in [0.3, 0.4) is 0 Å². The molecule has 7 nitrogen and oxygen atoms in total. The Bertz CT molecular complexity index is 1300. The van der Waals surface area contributed by atoms with Crippen molar-refractivity contribution in [3.63, 3.8) is 0 Å². The second kappa shape index (κ2) is 8.07. The van der Waals surface area contributed by atoms with Crippen molar-refractivity contribution in [2.45, 2.75) is 13.0 Å². The number of ketones is 1. The Morgan fingerprint density at radius 1 is 1.03 bits per heavy atom. The van der Waals surface area contributed by atoms with Crippen LogP contribution in [0.25, 0.3) is 5.76 Å². The number of nitro groups is 1. The van der Waals surface area contributed by atoms with Gasteiger partial charge in [-0.2, -0.15) is 0 Å². The monoisotopic (exact) mass is 432 g/mol. The van der Waals surface area contributed by atoms with Gasteiger partial charge in [0.05, 0.1) is 16.5 Å². The zero-order chi connectivity index (χ0) is 23.0. The van der Waals surface area contributed by atoms with Crippen LogP contribution in [-0.2, 0) is 9.59 Å². The molecule has 160 valence electrons. The summed E-state index contributed by atoms with van der Waals surface area (Å²) in [6.07, 6.45) is 0. The minimum Gasteiger partial charge on any atom is -0.507 e. The number of nitrogens with zero attached hydrogens (tertiary/aromatic N) is 2. The number of nitro benzene ring substituents is 1. The molecule has 1 atom stereocenters. The molecule has 3 aromatic carbocycles. The van der Waals surface area contributed by atoms with E-state index in [0.717, 1.165) is 22.6 Å². The van der Waals surface area contributed by atoms with E-state index in [4.69, 9.17) is 0 Å². The molecule has 1 saturated heterocycles. The molecule has 3 aromatic rings. The average molecular weight is 432 g/mol. The molecule has 8 heteroatoms. The van der Waals surface area contributed by atoms with Gasteiger partial charge in [0.2, 0.25) is 0 Å². The number of carbonyl (C=O) groups excluding carboxylic acids is 2. The first kappa shape index (κ1) is 20.9. The number of rotatable bonds is 4. The molecule has 0 bridgehead atoms. The van der Waals surface area contributed by atoms with Crippen LogP contribution in [0.5, 0.6) is 0 Å². The smallest absolute Gasteiger partial charge is 0.300 e. The number of aliphatic hydroxyl groups excluding tert-OH is 1. The summed E-state index contributed by atoms with van der Waals surface area (Å²) in [6, 6.07) is 16.4. The molecular formula is C24H17FN2O5. The molecule has 1 N–H and O–H groups in total. The predicted octanol–water partition coefficient (Wildman–Crippen LogP) is 4.67. The SMILES string of the molecule is Cc1ccccc1C1/C(=C(\O)c2cccc([N+](=O)[O-])c2)C(=O)C(=O)N1c1cccc(F)c1. The molecule has 1 heterocycles. The summed E-state index contributed by atoms with van der Waals surface area (Å²) in [5.74, 6) is -3.03. The van der Waals surface area contributed by atoms with Gasteiger partial charge in [0, 0.05) is 23.4 Å². The molecule has 1 unspecified atom stereocenters. The first-order chi connectivity index (χ1) is 15.3. The highest BCUT2D eigenvalue weighted by Crippen LogP contribution is 2.43. The zero-order valence-electron chi connectivity index (χ0n) is 16.9. The Kier molecular flexibility index (Phi) is 5.28. The van der Waals surface area contributed by atoms with E-state index in [1.807, 2.05) is 0 Å². The molecule has 0 spiro atoms. The maximum atomic E-state index is 13.9. The molecule has 1 amide bonds. The van der Waals surface area contributed by atoms with Crippen LogP contribution in [0.15, 0.2) is 78.4 Å². The number of non-ortho nitro benzene ring substituents is 1. The van der Waals surface area contributed by atoms with Gasteiger partial charge in [0.25, 0.3) is 17.4 Å². The quantitative estimate of drug-likeness (QED) is 0.212. The van der Waals surface area contributed by atoms with Gasteiger partial charge in [0.15, 0.2) is 0 Å². The lowest BCUT2D eigenvalue weighted by molar-refractivity contribution is -0.384. The van der Waals surface area contributed by atoms with Gasteiger partial charge in [-0.1, -0.05) is 42.5 Å². The highest BCUT2D eigenvalue weighted by molar-refractivity contribution is 6.51. The fourth-order valence-electron chi connectivity index (χ4n) is 3.83. The predicted molar refractivity (Wildman–Crippen MR) is 115 cm³/mol. The number of hydrogen-bond donors (Lipinski definition) is 1. The lowest BCUT2D eigenvalue weighted by atomic mass is 9.92. The summed E-state index contributed by atoms with van der Waals surface area (Å²) in [5, 5.41) is 22.2. The Hall–Kier alpha value is -4.33. The van der Waals surface area contributed by atoms with Crippen LogP contribution in [0.2, 0.25) is 0 Å². The third-order valence-corrected chi connectivity index (χ3v) is 5.34. The number of aliphatic hydroxyl groups is 1.